The van der Waals surface area contributed by atoms with Crippen molar-refractivity contribution in [3.8, 4) is 0 Å². The van der Waals surface area contributed by atoms with Gasteiger partial charge in [0, 0.05) is 18.9 Å². The smallest absolute Gasteiger partial charge is 0.273 e. The van der Waals surface area contributed by atoms with Crippen LogP contribution in [0.25, 0.3) is 0 Å². The molecule has 0 aliphatic rings. The summed E-state index contributed by atoms with van der Waals surface area (Å²) < 4.78 is 1.49. The maximum absolute atomic E-state index is 11.5. The van der Waals surface area contributed by atoms with Crippen LogP contribution in [0.1, 0.15) is 16.2 Å². The van der Waals surface area contributed by atoms with Gasteiger partial charge in [0.1, 0.15) is 0 Å². The SMILES string of the molecule is Cn1cc(C(=O)NCc2ccc[nH]2)nn1. The van der Waals surface area contributed by atoms with E-state index in [1.54, 1.807) is 13.2 Å². The number of nitrogens with one attached hydrogen (secondary N) is 2. The van der Waals surface area contributed by atoms with Gasteiger partial charge in [-0.3, -0.25) is 9.48 Å². The lowest BCUT2D eigenvalue weighted by Crippen LogP contribution is -2.23. The summed E-state index contributed by atoms with van der Waals surface area (Å²) >= 11 is 0. The molecular formula is C9H11N5O. The van der Waals surface area contributed by atoms with E-state index >= 15 is 0 Å². The Bertz CT molecular complexity index is 445. The molecule has 6 heteroatoms. The fraction of sp³-hybridized carbons (Fsp3) is 0.222. The number of H-pyrrole nitrogens is 1. The molecule has 2 aromatic rings. The summed E-state index contributed by atoms with van der Waals surface area (Å²) in [5.74, 6) is -0.224. The second kappa shape index (κ2) is 3.95. The third-order valence-electron chi connectivity index (χ3n) is 1.94. The Morgan fingerprint density at radius 3 is 3.13 bits per heavy atom. The molecule has 6 nitrogen and oxygen atoms in total. The van der Waals surface area contributed by atoms with Gasteiger partial charge in [-0.25, -0.2) is 0 Å². The maximum Gasteiger partial charge on any atom is 0.273 e. The van der Waals surface area contributed by atoms with Crippen molar-refractivity contribution in [3.63, 3.8) is 0 Å². The highest BCUT2D eigenvalue weighted by Crippen LogP contribution is 1.95. The quantitative estimate of drug-likeness (QED) is 0.744. The minimum Gasteiger partial charge on any atom is -0.364 e. The van der Waals surface area contributed by atoms with Crippen LogP contribution in [0, 0.1) is 0 Å². The van der Waals surface area contributed by atoms with Crippen LogP contribution in [0.15, 0.2) is 24.5 Å². The van der Waals surface area contributed by atoms with E-state index in [1.807, 2.05) is 18.3 Å². The molecule has 0 fully saturated rings. The fourth-order valence-electron chi connectivity index (χ4n) is 1.19. The van der Waals surface area contributed by atoms with Crippen molar-refractivity contribution in [1.82, 2.24) is 25.3 Å². The van der Waals surface area contributed by atoms with Gasteiger partial charge in [-0.05, 0) is 12.1 Å². The molecule has 15 heavy (non-hydrogen) atoms. The highest BCUT2D eigenvalue weighted by molar-refractivity contribution is 5.91. The van der Waals surface area contributed by atoms with Gasteiger partial charge in [0.05, 0.1) is 12.7 Å². The average molecular weight is 205 g/mol. The highest BCUT2D eigenvalue weighted by atomic mass is 16.2. The normalized spacial score (nSPS) is 10.2. The van der Waals surface area contributed by atoms with Crippen molar-refractivity contribution in [3.05, 3.63) is 35.9 Å². The predicted molar refractivity (Wildman–Crippen MR) is 53.0 cm³/mol. The van der Waals surface area contributed by atoms with Gasteiger partial charge in [-0.15, -0.1) is 5.10 Å². The summed E-state index contributed by atoms with van der Waals surface area (Å²) in [6, 6.07) is 3.78. The number of hydrogen-bond acceptors (Lipinski definition) is 3. The number of nitrogens with zero attached hydrogens (tertiary/aromatic N) is 3. The molecule has 0 aliphatic carbocycles. The topological polar surface area (TPSA) is 75.6 Å². The number of carbonyl (C=O) groups excluding carboxylic acids is 1. The first kappa shape index (κ1) is 9.45. The van der Waals surface area contributed by atoms with Gasteiger partial charge in [0.15, 0.2) is 5.69 Å². The molecule has 0 radical (unpaired) electrons. The number of amides is 1. The molecule has 2 aromatic heterocycles. The fourth-order valence-corrected chi connectivity index (χ4v) is 1.19. The van der Waals surface area contributed by atoms with Gasteiger partial charge < -0.3 is 10.3 Å². The van der Waals surface area contributed by atoms with Crippen LogP contribution < -0.4 is 5.32 Å². The Morgan fingerprint density at radius 1 is 1.67 bits per heavy atom. The molecule has 1 amide bonds. The summed E-state index contributed by atoms with van der Waals surface area (Å²) in [6.07, 6.45) is 3.38. The minimum absolute atomic E-state index is 0.224. The Balaban J connectivity index is 1.93. The Kier molecular flexibility index (Phi) is 2.49. The molecule has 0 aromatic carbocycles. The lowest BCUT2D eigenvalue weighted by Gasteiger charge is -1.99. The van der Waals surface area contributed by atoms with Crippen LogP contribution >= 0.6 is 0 Å². The first-order valence-corrected chi connectivity index (χ1v) is 4.52. The molecule has 2 rings (SSSR count). The van der Waals surface area contributed by atoms with Crippen LogP contribution in [0.3, 0.4) is 0 Å². The number of carbonyl (C=O) groups is 1. The second-order valence-electron chi connectivity index (χ2n) is 3.16. The van der Waals surface area contributed by atoms with E-state index < -0.39 is 0 Å². The van der Waals surface area contributed by atoms with Gasteiger partial charge in [-0.1, -0.05) is 5.21 Å². The summed E-state index contributed by atoms with van der Waals surface area (Å²) in [4.78, 5) is 14.5. The van der Waals surface area contributed by atoms with Crippen molar-refractivity contribution in [2.45, 2.75) is 6.54 Å². The summed E-state index contributed by atoms with van der Waals surface area (Å²) in [5.41, 5.74) is 1.27. The van der Waals surface area contributed by atoms with Crippen LogP contribution in [-0.4, -0.2) is 25.9 Å². The van der Waals surface area contributed by atoms with Crippen molar-refractivity contribution in [1.29, 1.82) is 0 Å². The van der Waals surface area contributed by atoms with Crippen LogP contribution in [0.5, 0.6) is 0 Å². The molecule has 0 atom stereocenters. The summed E-state index contributed by atoms with van der Waals surface area (Å²) in [5, 5.41) is 10.1. The van der Waals surface area contributed by atoms with Crippen LogP contribution in [0.4, 0.5) is 0 Å². The van der Waals surface area contributed by atoms with Crippen molar-refractivity contribution in [2.75, 3.05) is 0 Å². The van der Waals surface area contributed by atoms with Gasteiger partial charge >= 0.3 is 0 Å². The molecule has 0 spiro atoms. The largest absolute Gasteiger partial charge is 0.364 e. The van der Waals surface area contributed by atoms with Crippen LogP contribution in [0.2, 0.25) is 0 Å². The van der Waals surface area contributed by atoms with E-state index in [0.717, 1.165) is 5.69 Å². The Hall–Kier alpha value is -2.11. The Morgan fingerprint density at radius 2 is 2.53 bits per heavy atom. The van der Waals surface area contributed by atoms with E-state index in [9.17, 15) is 4.79 Å². The van der Waals surface area contributed by atoms with E-state index in [2.05, 4.69) is 20.6 Å². The van der Waals surface area contributed by atoms with Crippen LogP contribution in [-0.2, 0) is 13.6 Å². The molecule has 2 N–H and O–H groups in total. The lowest BCUT2D eigenvalue weighted by molar-refractivity contribution is 0.0945. The monoisotopic (exact) mass is 205 g/mol. The van der Waals surface area contributed by atoms with E-state index in [1.165, 1.54) is 4.68 Å². The number of aromatic amines is 1. The van der Waals surface area contributed by atoms with Crippen molar-refractivity contribution < 1.29 is 4.79 Å². The Labute approximate surface area is 86.3 Å². The first-order chi connectivity index (χ1) is 7.25. The molecule has 0 saturated carbocycles. The van der Waals surface area contributed by atoms with E-state index in [-0.39, 0.29) is 5.91 Å². The van der Waals surface area contributed by atoms with Gasteiger partial charge in [-0.2, -0.15) is 0 Å². The number of hydrogen-bond donors (Lipinski definition) is 2. The second-order valence-corrected chi connectivity index (χ2v) is 3.16. The molecule has 0 saturated heterocycles. The molecule has 78 valence electrons. The predicted octanol–water partition coefficient (Wildman–Crippen LogP) is 0.0732. The maximum atomic E-state index is 11.5. The molecule has 2 heterocycles. The third kappa shape index (κ3) is 2.22. The zero-order chi connectivity index (χ0) is 10.7. The lowest BCUT2D eigenvalue weighted by atomic mass is 10.4. The van der Waals surface area contributed by atoms with E-state index in [4.69, 9.17) is 0 Å². The minimum atomic E-state index is -0.224. The van der Waals surface area contributed by atoms with Crippen molar-refractivity contribution >= 4 is 5.91 Å². The van der Waals surface area contributed by atoms with E-state index in [0.29, 0.717) is 12.2 Å². The summed E-state index contributed by atoms with van der Waals surface area (Å²) in [6.45, 7) is 0.461. The third-order valence-corrected chi connectivity index (χ3v) is 1.94. The van der Waals surface area contributed by atoms with Gasteiger partial charge in [0.25, 0.3) is 5.91 Å². The number of aromatic nitrogens is 4. The highest BCUT2D eigenvalue weighted by Gasteiger charge is 2.08. The standard InChI is InChI=1S/C9H11N5O/c1-14-6-8(12-13-14)9(15)11-5-7-3-2-4-10-7/h2-4,6,10H,5H2,1H3,(H,11,15). The zero-order valence-corrected chi connectivity index (χ0v) is 8.27. The van der Waals surface area contributed by atoms with Crippen molar-refractivity contribution in [2.24, 2.45) is 7.05 Å². The van der Waals surface area contributed by atoms with Gasteiger partial charge in [0.2, 0.25) is 0 Å². The summed E-state index contributed by atoms with van der Waals surface area (Å²) in [7, 11) is 1.72. The first-order valence-electron chi connectivity index (χ1n) is 4.52. The molecule has 0 aliphatic heterocycles. The number of rotatable bonds is 3. The molecule has 0 unspecified atom stereocenters. The zero-order valence-electron chi connectivity index (χ0n) is 8.27. The molecular weight excluding hydrogens is 194 g/mol. The average Bonchev–Trinajstić information content (AvgIpc) is 2.84. The number of aryl methyl sites for hydroxylation is 1. The molecule has 0 bridgehead atoms.